The zero-order valence-corrected chi connectivity index (χ0v) is 11.8. The summed E-state index contributed by atoms with van der Waals surface area (Å²) < 4.78 is 5.49. The monoisotopic (exact) mass is 263 g/mol. The first-order valence-corrected chi connectivity index (χ1v) is 6.66. The molecule has 1 aliphatic rings. The van der Waals surface area contributed by atoms with Crippen LogP contribution in [0.5, 0.6) is 5.75 Å². The first-order chi connectivity index (χ1) is 9.04. The molecule has 1 amide bonds. The topological polar surface area (TPSA) is 49.8 Å². The minimum atomic E-state index is -0.527. The number of aryl methyl sites for hydroxylation is 1. The highest BCUT2D eigenvalue weighted by molar-refractivity contribution is 5.99. The summed E-state index contributed by atoms with van der Waals surface area (Å²) in [7, 11) is 1.76. The summed E-state index contributed by atoms with van der Waals surface area (Å²) in [6.07, 6.45) is 1.56. The Morgan fingerprint density at radius 2 is 2.16 bits per heavy atom. The molecule has 1 N–H and O–H groups in total. The number of aliphatic hydroxyl groups excluding tert-OH is 1. The van der Waals surface area contributed by atoms with E-state index in [1.54, 1.807) is 11.9 Å². The van der Waals surface area contributed by atoms with E-state index >= 15 is 0 Å². The van der Waals surface area contributed by atoms with E-state index in [-0.39, 0.29) is 12.5 Å². The predicted octanol–water partition coefficient (Wildman–Crippen LogP) is 2.13. The maximum atomic E-state index is 12.3. The third kappa shape index (κ3) is 2.59. The molecule has 104 valence electrons. The van der Waals surface area contributed by atoms with Crippen molar-refractivity contribution < 1.29 is 14.6 Å². The van der Waals surface area contributed by atoms with Gasteiger partial charge in [-0.05, 0) is 50.5 Å². The van der Waals surface area contributed by atoms with Crippen molar-refractivity contribution in [2.24, 2.45) is 5.41 Å². The van der Waals surface area contributed by atoms with Crippen LogP contribution in [-0.4, -0.2) is 31.3 Å². The molecule has 0 aliphatic heterocycles. The number of benzene rings is 1. The lowest BCUT2D eigenvalue weighted by Gasteiger charge is -2.23. The largest absolute Gasteiger partial charge is 0.494 e. The Hall–Kier alpha value is -1.55. The molecule has 0 spiro atoms. The molecule has 0 atom stereocenters. The van der Waals surface area contributed by atoms with Gasteiger partial charge in [0.15, 0.2) is 0 Å². The molecule has 1 saturated carbocycles. The fraction of sp³-hybridized carbons (Fsp3) is 0.533. The van der Waals surface area contributed by atoms with Gasteiger partial charge in [0, 0.05) is 12.7 Å². The first-order valence-electron chi connectivity index (χ1n) is 6.66. The van der Waals surface area contributed by atoms with E-state index < -0.39 is 5.41 Å². The third-order valence-electron chi connectivity index (χ3n) is 3.76. The molecule has 19 heavy (non-hydrogen) atoms. The van der Waals surface area contributed by atoms with Gasteiger partial charge >= 0.3 is 0 Å². The summed E-state index contributed by atoms with van der Waals surface area (Å²) in [6, 6.07) is 5.70. The van der Waals surface area contributed by atoms with Crippen molar-refractivity contribution in [2.75, 3.05) is 25.2 Å². The Kier molecular flexibility index (Phi) is 3.80. The number of nitrogens with zero attached hydrogens (tertiary/aromatic N) is 1. The van der Waals surface area contributed by atoms with Crippen molar-refractivity contribution in [1.29, 1.82) is 0 Å². The van der Waals surface area contributed by atoms with E-state index in [1.807, 2.05) is 32.0 Å². The number of rotatable bonds is 5. The molecule has 0 unspecified atom stereocenters. The van der Waals surface area contributed by atoms with Gasteiger partial charge in [-0.2, -0.15) is 0 Å². The van der Waals surface area contributed by atoms with Crippen molar-refractivity contribution >= 4 is 11.6 Å². The normalized spacial score (nSPS) is 16.0. The van der Waals surface area contributed by atoms with E-state index in [1.165, 1.54) is 0 Å². The van der Waals surface area contributed by atoms with E-state index in [0.29, 0.717) is 6.61 Å². The van der Waals surface area contributed by atoms with Crippen molar-refractivity contribution in [1.82, 2.24) is 0 Å². The molecule has 0 saturated heterocycles. The van der Waals surface area contributed by atoms with E-state index in [4.69, 9.17) is 4.74 Å². The van der Waals surface area contributed by atoms with Crippen LogP contribution >= 0.6 is 0 Å². The molecule has 1 aliphatic carbocycles. The van der Waals surface area contributed by atoms with Gasteiger partial charge in [-0.1, -0.05) is 0 Å². The molecule has 0 radical (unpaired) electrons. The van der Waals surface area contributed by atoms with Gasteiger partial charge in [-0.3, -0.25) is 4.79 Å². The fourth-order valence-corrected chi connectivity index (χ4v) is 2.22. The molecule has 1 aromatic rings. The second kappa shape index (κ2) is 5.21. The van der Waals surface area contributed by atoms with E-state index in [0.717, 1.165) is 29.8 Å². The van der Waals surface area contributed by atoms with Crippen molar-refractivity contribution in [2.45, 2.75) is 26.7 Å². The van der Waals surface area contributed by atoms with Crippen LogP contribution in [-0.2, 0) is 4.79 Å². The highest BCUT2D eigenvalue weighted by Crippen LogP contribution is 2.47. The highest BCUT2D eigenvalue weighted by Gasteiger charge is 2.50. The predicted molar refractivity (Wildman–Crippen MR) is 74.5 cm³/mol. The lowest BCUT2D eigenvalue weighted by Crippen LogP contribution is -2.36. The lowest BCUT2D eigenvalue weighted by atomic mass is 10.1. The highest BCUT2D eigenvalue weighted by atomic mass is 16.5. The standard InChI is InChI=1S/C15H21NO3/c1-4-19-13-6-5-12(9-11(13)2)16(3)14(18)15(10-17)7-8-15/h5-6,9,17H,4,7-8,10H2,1-3H3. The fourth-order valence-electron chi connectivity index (χ4n) is 2.22. The smallest absolute Gasteiger partial charge is 0.235 e. The third-order valence-corrected chi connectivity index (χ3v) is 3.76. The van der Waals surface area contributed by atoms with Crippen molar-refractivity contribution in [3.63, 3.8) is 0 Å². The molecule has 0 aromatic heterocycles. The average Bonchev–Trinajstić information content (AvgIpc) is 3.20. The molecule has 1 fully saturated rings. The number of ether oxygens (including phenoxy) is 1. The number of hydrogen-bond donors (Lipinski definition) is 1. The zero-order chi connectivity index (χ0) is 14.0. The van der Waals surface area contributed by atoms with Gasteiger partial charge in [-0.15, -0.1) is 0 Å². The number of hydrogen-bond acceptors (Lipinski definition) is 3. The van der Waals surface area contributed by atoms with Crippen LogP contribution in [0.25, 0.3) is 0 Å². The molecule has 1 aromatic carbocycles. The molecular weight excluding hydrogens is 242 g/mol. The van der Waals surface area contributed by atoms with Crippen LogP contribution in [0.2, 0.25) is 0 Å². The second-order valence-corrected chi connectivity index (χ2v) is 5.19. The Morgan fingerprint density at radius 1 is 1.47 bits per heavy atom. The summed E-state index contributed by atoms with van der Waals surface area (Å²) in [5.74, 6) is 0.842. The Labute approximate surface area is 114 Å². The van der Waals surface area contributed by atoms with Crippen LogP contribution in [0.3, 0.4) is 0 Å². The molecule has 2 rings (SSSR count). The zero-order valence-electron chi connectivity index (χ0n) is 11.8. The summed E-state index contributed by atoms with van der Waals surface area (Å²) in [4.78, 5) is 13.9. The molecule has 0 bridgehead atoms. The number of carbonyl (C=O) groups excluding carboxylic acids is 1. The summed E-state index contributed by atoms with van der Waals surface area (Å²) in [5.41, 5.74) is 1.32. The Balaban J connectivity index is 2.18. The van der Waals surface area contributed by atoms with E-state index in [9.17, 15) is 9.90 Å². The van der Waals surface area contributed by atoms with Crippen LogP contribution in [0.1, 0.15) is 25.3 Å². The van der Waals surface area contributed by atoms with Gasteiger partial charge in [0.05, 0.1) is 18.6 Å². The maximum Gasteiger partial charge on any atom is 0.235 e. The minimum Gasteiger partial charge on any atom is -0.494 e. The summed E-state index contributed by atoms with van der Waals surface area (Å²) in [6.45, 7) is 4.47. The first kappa shape index (κ1) is 13.9. The van der Waals surface area contributed by atoms with Gasteiger partial charge < -0.3 is 14.7 Å². The van der Waals surface area contributed by atoms with Gasteiger partial charge in [-0.25, -0.2) is 0 Å². The van der Waals surface area contributed by atoms with Crippen molar-refractivity contribution in [3.8, 4) is 5.75 Å². The quantitative estimate of drug-likeness (QED) is 0.885. The average molecular weight is 263 g/mol. The van der Waals surface area contributed by atoms with Crippen LogP contribution in [0.15, 0.2) is 18.2 Å². The molecular formula is C15H21NO3. The molecule has 4 nitrogen and oxygen atoms in total. The second-order valence-electron chi connectivity index (χ2n) is 5.19. The van der Waals surface area contributed by atoms with Crippen molar-refractivity contribution in [3.05, 3.63) is 23.8 Å². The number of amides is 1. The SMILES string of the molecule is CCOc1ccc(N(C)C(=O)C2(CO)CC2)cc1C. The molecule has 4 heteroatoms. The Morgan fingerprint density at radius 3 is 2.63 bits per heavy atom. The number of carbonyl (C=O) groups is 1. The number of aliphatic hydroxyl groups is 1. The van der Waals surface area contributed by atoms with Gasteiger partial charge in [0.1, 0.15) is 5.75 Å². The lowest BCUT2D eigenvalue weighted by molar-refractivity contribution is -0.124. The van der Waals surface area contributed by atoms with Crippen LogP contribution in [0, 0.1) is 12.3 Å². The van der Waals surface area contributed by atoms with Gasteiger partial charge in [0.25, 0.3) is 0 Å². The number of anilines is 1. The summed E-state index contributed by atoms with van der Waals surface area (Å²) in [5, 5.41) is 9.32. The van der Waals surface area contributed by atoms with Gasteiger partial charge in [0.2, 0.25) is 5.91 Å². The Bertz CT molecular complexity index is 480. The summed E-state index contributed by atoms with van der Waals surface area (Å²) >= 11 is 0. The minimum absolute atomic E-state index is 0.00133. The van der Waals surface area contributed by atoms with Crippen LogP contribution < -0.4 is 9.64 Å². The van der Waals surface area contributed by atoms with Crippen LogP contribution in [0.4, 0.5) is 5.69 Å². The maximum absolute atomic E-state index is 12.3. The molecule has 0 heterocycles. The van der Waals surface area contributed by atoms with E-state index in [2.05, 4.69) is 0 Å².